The quantitative estimate of drug-likeness (QED) is 0.0202. The van der Waals surface area contributed by atoms with Crippen molar-refractivity contribution < 1.29 is 77.6 Å². The van der Waals surface area contributed by atoms with Crippen LogP contribution < -0.4 is 75.7 Å². The molecule has 105 heavy (non-hydrogen) atoms. The van der Waals surface area contributed by atoms with Crippen LogP contribution in [-0.4, -0.2) is 194 Å². The summed E-state index contributed by atoms with van der Waals surface area (Å²) in [6, 6.07) is 16.4. The Bertz CT molecular complexity index is 4130. The van der Waals surface area contributed by atoms with E-state index in [9.17, 15) is 72.9 Å². The van der Waals surface area contributed by atoms with Gasteiger partial charge in [-0.1, -0.05) is 103 Å². The number of primary amides is 1. The van der Waals surface area contributed by atoms with Crippen molar-refractivity contribution in [3.63, 3.8) is 0 Å². The summed E-state index contributed by atoms with van der Waals surface area (Å²) in [7, 11) is 0. The number of carboxylic acid groups (broad SMARTS) is 1. The molecule has 1 aromatic heterocycles. The number of rotatable bonds is 21. The number of amides is 12. The summed E-state index contributed by atoms with van der Waals surface area (Å²) in [6.07, 6.45) is -1.44. The van der Waals surface area contributed by atoms with Crippen molar-refractivity contribution in [3.8, 4) is 11.5 Å². The first-order valence-electron chi connectivity index (χ1n) is 34.0. The molecule has 5 aromatic carbocycles. The summed E-state index contributed by atoms with van der Waals surface area (Å²) in [4.78, 5) is 192. The van der Waals surface area contributed by atoms with E-state index in [1.165, 1.54) is 55.5 Å². The summed E-state index contributed by atoms with van der Waals surface area (Å²) in [5.41, 5.74) is 20.6. The van der Waals surface area contributed by atoms with Gasteiger partial charge in [0.1, 0.15) is 71.9 Å². The van der Waals surface area contributed by atoms with E-state index < -0.39 is 169 Å². The number of nitrogens with one attached hydrogen (secondary N) is 13. The van der Waals surface area contributed by atoms with E-state index >= 15 is 4.79 Å². The van der Waals surface area contributed by atoms with Crippen LogP contribution in [0.1, 0.15) is 73.3 Å². The molecule has 12 amide bonds. The van der Waals surface area contributed by atoms with Crippen LogP contribution in [0.5, 0.6) is 11.5 Å². The number of aromatic amines is 1. The second kappa shape index (κ2) is 37.5. The van der Waals surface area contributed by atoms with Crippen LogP contribution in [-0.2, 0) is 94.4 Å². The minimum absolute atomic E-state index is 0.0131. The van der Waals surface area contributed by atoms with Gasteiger partial charge in [0.05, 0.1) is 18.9 Å². The van der Waals surface area contributed by atoms with Crippen molar-refractivity contribution in [3.05, 3.63) is 167 Å². The highest BCUT2D eigenvalue weighted by Crippen LogP contribution is 2.23. The van der Waals surface area contributed by atoms with Crippen molar-refractivity contribution in [1.82, 2.24) is 68.4 Å². The third-order valence-corrected chi connectivity index (χ3v) is 17.7. The van der Waals surface area contributed by atoms with Gasteiger partial charge in [0.2, 0.25) is 70.9 Å². The Morgan fingerprint density at radius 2 is 1.12 bits per heavy atom. The van der Waals surface area contributed by atoms with Gasteiger partial charge in [0.25, 0.3) is 0 Å². The highest BCUT2D eigenvalue weighted by atomic mass is 16.4. The number of aromatic hydroxyl groups is 2. The molecule has 22 N–H and O–H groups in total. The van der Waals surface area contributed by atoms with Crippen LogP contribution in [0.3, 0.4) is 0 Å². The van der Waals surface area contributed by atoms with Gasteiger partial charge in [-0.2, -0.15) is 0 Å². The summed E-state index contributed by atoms with van der Waals surface area (Å²) in [5.74, 6) is -14.7. The van der Waals surface area contributed by atoms with Crippen LogP contribution in [0, 0.1) is 5.41 Å². The Morgan fingerprint density at radius 1 is 0.600 bits per heavy atom. The van der Waals surface area contributed by atoms with E-state index in [0.29, 0.717) is 38.7 Å². The molecule has 2 aliphatic rings. The van der Waals surface area contributed by atoms with Crippen molar-refractivity contribution >= 4 is 93.7 Å². The van der Waals surface area contributed by atoms with Gasteiger partial charge >= 0.3 is 5.97 Å². The lowest BCUT2D eigenvalue weighted by Crippen LogP contribution is -2.62. The zero-order chi connectivity index (χ0) is 75.9. The molecule has 3 heterocycles. The molecule has 33 heteroatoms. The lowest BCUT2D eigenvalue weighted by molar-refractivity contribution is -0.142. The second-order valence-corrected chi connectivity index (χ2v) is 25.7. The molecule has 2 aliphatic heterocycles. The number of guanidine groups is 1. The summed E-state index contributed by atoms with van der Waals surface area (Å²) < 4.78 is 0. The molecule has 1 unspecified atom stereocenters. The zero-order valence-electron chi connectivity index (χ0n) is 57.4. The molecule has 6 aromatic rings. The Morgan fingerprint density at radius 3 is 1.72 bits per heavy atom. The second-order valence-electron chi connectivity index (χ2n) is 25.7. The van der Waals surface area contributed by atoms with Gasteiger partial charge < -0.3 is 101 Å². The summed E-state index contributed by atoms with van der Waals surface area (Å²) >= 11 is 0. The van der Waals surface area contributed by atoms with E-state index in [2.05, 4.69) is 63.5 Å². The Labute approximate surface area is 602 Å². The fraction of sp³-hybridized carbons (Fsp3) is 0.361. The molecule has 33 nitrogen and oxygen atoms in total. The first-order chi connectivity index (χ1) is 50.2. The number of para-hydroxylation sites is 1. The molecular weight excluding hydrogens is 1360 g/mol. The van der Waals surface area contributed by atoms with Gasteiger partial charge in [-0.25, -0.2) is 4.79 Å². The normalized spacial score (nSPS) is 22.0. The van der Waals surface area contributed by atoms with E-state index in [4.69, 9.17) is 22.6 Å². The number of phenolic OH excluding ortho intramolecular Hbond substituents is 2. The van der Waals surface area contributed by atoms with Crippen LogP contribution >= 0.6 is 0 Å². The lowest BCUT2D eigenvalue weighted by atomic mass is 10.0. The van der Waals surface area contributed by atoms with Gasteiger partial charge in [-0.15, -0.1) is 0 Å². The lowest BCUT2D eigenvalue weighted by Gasteiger charge is -2.29. The predicted molar refractivity (Wildman–Crippen MR) is 380 cm³/mol. The largest absolute Gasteiger partial charge is 0.508 e. The van der Waals surface area contributed by atoms with Gasteiger partial charge in [-0.3, -0.25) is 62.9 Å². The van der Waals surface area contributed by atoms with E-state index in [1.807, 2.05) is 0 Å². The highest BCUT2D eigenvalue weighted by molar-refractivity contribution is 6.01. The molecule has 0 radical (unpaired) electrons. The van der Waals surface area contributed by atoms with Gasteiger partial charge in [-0.05, 0) is 97.2 Å². The number of phenols is 2. The fourth-order valence-electron chi connectivity index (χ4n) is 12.1. The number of hydrogen-bond acceptors (Lipinski definition) is 17. The standard InChI is InChI=1S/C72H87N17O16/c1-39-61(94)82-51(31-40-12-4-2-5-13-40)67(100)88-57(69(102)87-56(71(104)105)33-43-22-26-46(91)27-23-43)38-79-63(96)55(83-62(95)48(73)30-42-20-24-45(90)25-21-42)36-60(93)89-29-11-19-58(89)70(103)86-52(32-41-14-6-3-7-15-41)66(99)81-50(18-10-28-77-72(75)76)64(97)84-53(34-44-37-78-49-17-9-8-16-47(44)49)68(101)85-54(35-59(74)92)65(98)80-39/h2-9,12-17,20-27,37,39,48,50-58,78,90-91H,10-11,18-19,28-36,38,73H2,1H3,(H2,74,92)(H,79,96)(H,80,98)(H,81,99)(H,82,94)(H,83,95)(H,84,97)(H,85,101)(H,86,103)(H,87,102)(H,88,100)(H,104,105)(H4,75,76,77)/t39-,48-,50-,51-,52+,53-,54-,55?,56-,57-,58-/m0/s1. The van der Waals surface area contributed by atoms with Crippen molar-refractivity contribution in [1.29, 1.82) is 5.41 Å². The van der Waals surface area contributed by atoms with Crippen LogP contribution in [0.25, 0.3) is 10.9 Å². The van der Waals surface area contributed by atoms with E-state index in [0.717, 1.165) is 4.90 Å². The fourth-order valence-corrected chi connectivity index (χ4v) is 12.1. The SMILES string of the molecule is C[C@@H]1NC(=O)[C@H](CC(N)=O)NC(=O)[C@H](Cc2c[nH]c3ccccc23)NC(=O)[C@H](CCCNC(=N)N)NC(=O)[C@@H](Cc2ccccc2)NC(=O)[C@@H]2CCCN2C(=O)CC(NC(=O)[C@@H](N)Cc2ccc(O)cc2)C(=O)NC[C@@H](C(=O)N[C@@H](Cc2ccc(O)cc2)C(=O)O)NC(=O)[C@H](Cc2ccccc2)NC1=O. The number of carboxylic acids is 1. The Balaban J connectivity index is 1.20. The summed E-state index contributed by atoms with van der Waals surface area (Å²) in [5, 5.41) is 66.8. The number of aliphatic carboxylic acids is 1. The number of H-pyrrole nitrogens is 1. The van der Waals surface area contributed by atoms with Crippen molar-refractivity contribution in [2.24, 2.45) is 17.2 Å². The number of hydrogen-bond donors (Lipinski definition) is 19. The maximum atomic E-state index is 15.0. The minimum atomic E-state index is -1.97. The zero-order valence-corrected chi connectivity index (χ0v) is 57.4. The smallest absolute Gasteiger partial charge is 0.326 e. The van der Waals surface area contributed by atoms with Gasteiger partial charge in [0, 0.05) is 62.4 Å². The van der Waals surface area contributed by atoms with Crippen molar-refractivity contribution in [2.75, 3.05) is 19.6 Å². The summed E-state index contributed by atoms with van der Waals surface area (Å²) in [6.45, 7) is 0.198. The molecule has 8 rings (SSSR count). The minimum Gasteiger partial charge on any atom is -0.508 e. The molecule has 0 saturated carbocycles. The highest BCUT2D eigenvalue weighted by Gasteiger charge is 2.41. The average molecular weight is 1450 g/mol. The first kappa shape index (κ1) is 78.3. The van der Waals surface area contributed by atoms with Crippen LogP contribution in [0.2, 0.25) is 0 Å². The number of nitrogens with two attached hydrogens (primary N) is 3. The molecular formula is C72H87N17O16. The molecule has 0 spiro atoms. The predicted octanol–water partition coefficient (Wildman–Crippen LogP) is -2.46. The monoisotopic (exact) mass is 1450 g/mol. The molecule has 0 bridgehead atoms. The molecule has 2 fully saturated rings. The van der Waals surface area contributed by atoms with Crippen molar-refractivity contribution in [2.45, 2.75) is 144 Å². The van der Waals surface area contributed by atoms with Crippen LogP contribution in [0.4, 0.5) is 0 Å². The molecule has 2 saturated heterocycles. The number of carbonyl (C=O) groups excluding carboxylic acids is 12. The van der Waals surface area contributed by atoms with Crippen LogP contribution in [0.15, 0.2) is 140 Å². The third-order valence-electron chi connectivity index (χ3n) is 17.7. The molecule has 556 valence electrons. The number of carbonyl (C=O) groups is 13. The topological polar surface area (TPSA) is 536 Å². The number of nitrogens with zero attached hydrogens (tertiary/aromatic N) is 1. The molecule has 11 atom stereocenters. The Hall–Kier alpha value is -12.4. The first-order valence-corrected chi connectivity index (χ1v) is 34.0. The number of fused-ring (bicyclic) bond motifs is 2. The van der Waals surface area contributed by atoms with Gasteiger partial charge in [0.15, 0.2) is 5.96 Å². The third kappa shape index (κ3) is 23.3. The number of aromatic nitrogens is 1. The molecule has 0 aliphatic carbocycles. The van der Waals surface area contributed by atoms with E-state index in [-0.39, 0.29) is 82.4 Å². The average Bonchev–Trinajstić information content (AvgIpc) is 1.73. The maximum absolute atomic E-state index is 15.0. The maximum Gasteiger partial charge on any atom is 0.326 e. The van der Waals surface area contributed by atoms with E-state index in [1.54, 1.807) is 91.1 Å². The number of benzene rings is 5. The Kier molecular flexibility index (Phi) is 28.0.